The van der Waals surface area contributed by atoms with Gasteiger partial charge in [-0.1, -0.05) is 13.0 Å². The van der Waals surface area contributed by atoms with Crippen LogP contribution in [-0.2, 0) is 4.79 Å². The van der Waals surface area contributed by atoms with Gasteiger partial charge in [0.2, 0.25) is 11.9 Å². The lowest BCUT2D eigenvalue weighted by molar-refractivity contribution is -0.125. The summed E-state index contributed by atoms with van der Waals surface area (Å²) in [4.78, 5) is 25.5. The van der Waals surface area contributed by atoms with E-state index in [1.54, 1.807) is 0 Å². The molecule has 0 saturated carbocycles. The number of nitrogens with zero attached hydrogens (tertiary/aromatic N) is 3. The normalized spacial score (nSPS) is 21.6. The minimum atomic E-state index is 0.132. The molecule has 1 atom stereocenters. The second-order valence-corrected chi connectivity index (χ2v) is 9.03. The van der Waals surface area contributed by atoms with Crippen LogP contribution in [0.2, 0.25) is 0 Å². The molecule has 3 heterocycles. The number of carbonyl (C=O) groups excluding carboxylic acids is 1. The van der Waals surface area contributed by atoms with Crippen LogP contribution < -0.4 is 10.2 Å². The van der Waals surface area contributed by atoms with Crippen molar-refractivity contribution in [2.75, 3.05) is 44.2 Å². The van der Waals surface area contributed by atoms with E-state index in [4.69, 9.17) is 4.98 Å². The van der Waals surface area contributed by atoms with Crippen molar-refractivity contribution in [2.45, 2.75) is 46.0 Å². The molecule has 2 aliphatic rings. The molecule has 2 saturated heterocycles. The van der Waals surface area contributed by atoms with Crippen LogP contribution in [0.25, 0.3) is 11.0 Å². The number of imidazole rings is 1. The van der Waals surface area contributed by atoms with Crippen LogP contribution in [0, 0.1) is 18.8 Å². The van der Waals surface area contributed by atoms with Gasteiger partial charge in [-0.15, -0.1) is 0 Å². The fraction of sp³-hybridized carbons (Fsp3) is 0.652. The van der Waals surface area contributed by atoms with Crippen LogP contribution in [0.1, 0.15) is 44.6 Å². The zero-order valence-corrected chi connectivity index (χ0v) is 17.9. The van der Waals surface area contributed by atoms with Gasteiger partial charge in [0.15, 0.2) is 0 Å². The molecule has 2 aliphatic heterocycles. The highest BCUT2D eigenvalue weighted by Gasteiger charge is 2.26. The first-order valence-electron chi connectivity index (χ1n) is 11.3. The molecule has 4 rings (SSSR count). The Bertz CT molecular complexity index is 824. The van der Waals surface area contributed by atoms with Crippen molar-refractivity contribution in [1.29, 1.82) is 0 Å². The van der Waals surface area contributed by atoms with Crippen LogP contribution in [0.5, 0.6) is 0 Å². The zero-order chi connectivity index (χ0) is 20.2. The van der Waals surface area contributed by atoms with Crippen molar-refractivity contribution < 1.29 is 4.79 Å². The molecule has 0 radical (unpaired) electrons. The Balaban J connectivity index is 1.19. The summed E-state index contributed by atoms with van der Waals surface area (Å²) < 4.78 is 0. The van der Waals surface area contributed by atoms with Gasteiger partial charge in [0.05, 0.1) is 11.0 Å². The van der Waals surface area contributed by atoms with E-state index in [0.29, 0.717) is 0 Å². The number of aryl methyl sites for hydroxylation is 1. The van der Waals surface area contributed by atoms with Crippen molar-refractivity contribution in [3.8, 4) is 0 Å². The van der Waals surface area contributed by atoms with Gasteiger partial charge in [0.25, 0.3) is 0 Å². The quantitative estimate of drug-likeness (QED) is 0.734. The third-order valence-corrected chi connectivity index (χ3v) is 6.48. The number of anilines is 1. The van der Waals surface area contributed by atoms with Gasteiger partial charge in [-0.2, -0.15) is 0 Å². The average molecular weight is 398 g/mol. The van der Waals surface area contributed by atoms with E-state index in [2.05, 4.69) is 52.1 Å². The Morgan fingerprint density at radius 3 is 2.86 bits per heavy atom. The maximum Gasteiger partial charge on any atom is 0.223 e. The Kier molecular flexibility index (Phi) is 6.38. The predicted octanol–water partition coefficient (Wildman–Crippen LogP) is 3.33. The van der Waals surface area contributed by atoms with Gasteiger partial charge in [-0.25, -0.2) is 4.98 Å². The van der Waals surface area contributed by atoms with Gasteiger partial charge in [-0.05, 0) is 75.7 Å². The molecule has 29 heavy (non-hydrogen) atoms. The van der Waals surface area contributed by atoms with Gasteiger partial charge in [0.1, 0.15) is 0 Å². The second kappa shape index (κ2) is 9.16. The fourth-order valence-corrected chi connectivity index (χ4v) is 4.76. The summed E-state index contributed by atoms with van der Waals surface area (Å²) >= 11 is 0. The molecule has 2 fully saturated rings. The molecule has 0 aliphatic carbocycles. The van der Waals surface area contributed by atoms with Crippen LogP contribution in [0.15, 0.2) is 18.2 Å². The standard InChI is InChI=1S/C23H35N5O/c1-17-6-7-20-21(15-17)26-23(25-20)28-13-8-19(9-14-28)22(29)24-10-4-12-27-11-3-5-18(2)16-27/h6-7,15,18-19H,3-5,8-14,16H2,1-2H3,(H,24,29)(H,25,26)/t18-/m1/s1. The van der Waals surface area contributed by atoms with Crippen LogP contribution >= 0.6 is 0 Å². The number of nitrogens with one attached hydrogen (secondary N) is 2. The number of carbonyl (C=O) groups is 1. The molecule has 1 amide bonds. The Labute approximate surface area is 174 Å². The lowest BCUT2D eigenvalue weighted by Gasteiger charge is -2.31. The minimum absolute atomic E-state index is 0.132. The molecule has 6 nitrogen and oxygen atoms in total. The first-order chi connectivity index (χ1) is 14.1. The topological polar surface area (TPSA) is 64.3 Å². The Morgan fingerprint density at radius 2 is 2.07 bits per heavy atom. The number of H-pyrrole nitrogens is 1. The summed E-state index contributed by atoms with van der Waals surface area (Å²) in [6.45, 7) is 10.5. The first-order valence-corrected chi connectivity index (χ1v) is 11.3. The molecule has 1 aromatic heterocycles. The smallest absolute Gasteiger partial charge is 0.223 e. The number of likely N-dealkylation sites (tertiary alicyclic amines) is 1. The van der Waals surface area contributed by atoms with Crippen molar-refractivity contribution in [3.05, 3.63) is 23.8 Å². The molecule has 158 valence electrons. The van der Waals surface area contributed by atoms with Gasteiger partial charge in [0, 0.05) is 32.1 Å². The number of piperidine rings is 2. The fourth-order valence-electron chi connectivity index (χ4n) is 4.76. The van der Waals surface area contributed by atoms with E-state index in [0.717, 1.165) is 68.3 Å². The van der Waals surface area contributed by atoms with E-state index in [1.165, 1.54) is 31.5 Å². The number of amides is 1. The summed E-state index contributed by atoms with van der Waals surface area (Å²) in [7, 11) is 0. The number of aromatic nitrogens is 2. The largest absolute Gasteiger partial charge is 0.356 e. The molecule has 1 aromatic carbocycles. The summed E-state index contributed by atoms with van der Waals surface area (Å²) in [5.41, 5.74) is 3.33. The van der Waals surface area contributed by atoms with Crippen LogP contribution in [-0.4, -0.2) is 60.0 Å². The van der Waals surface area contributed by atoms with Crippen molar-refractivity contribution in [2.24, 2.45) is 11.8 Å². The highest BCUT2D eigenvalue weighted by atomic mass is 16.1. The number of aromatic amines is 1. The molecule has 2 aromatic rings. The van der Waals surface area contributed by atoms with Crippen molar-refractivity contribution in [1.82, 2.24) is 20.2 Å². The predicted molar refractivity (Wildman–Crippen MR) is 118 cm³/mol. The zero-order valence-electron chi connectivity index (χ0n) is 17.9. The SMILES string of the molecule is Cc1ccc2nc(N3CCC(C(=O)NCCCN4CCC[C@@H](C)C4)CC3)[nH]c2c1. The lowest BCUT2D eigenvalue weighted by Crippen LogP contribution is -2.42. The number of fused-ring (bicyclic) bond motifs is 1. The van der Waals surface area contributed by atoms with Crippen molar-refractivity contribution >= 4 is 22.9 Å². The number of benzene rings is 1. The maximum atomic E-state index is 12.6. The van der Waals surface area contributed by atoms with Gasteiger partial charge >= 0.3 is 0 Å². The Morgan fingerprint density at radius 1 is 1.24 bits per heavy atom. The summed E-state index contributed by atoms with van der Waals surface area (Å²) in [5.74, 6) is 2.12. The third kappa shape index (κ3) is 5.10. The summed E-state index contributed by atoms with van der Waals surface area (Å²) in [6, 6.07) is 6.29. The van der Waals surface area contributed by atoms with Crippen LogP contribution in [0.4, 0.5) is 5.95 Å². The maximum absolute atomic E-state index is 12.6. The number of hydrogen-bond donors (Lipinski definition) is 2. The van der Waals surface area contributed by atoms with E-state index < -0.39 is 0 Å². The highest BCUT2D eigenvalue weighted by Crippen LogP contribution is 2.24. The van der Waals surface area contributed by atoms with E-state index >= 15 is 0 Å². The molecule has 6 heteroatoms. The molecule has 2 N–H and O–H groups in total. The molecule has 0 unspecified atom stereocenters. The molecular formula is C23H35N5O. The monoisotopic (exact) mass is 397 g/mol. The minimum Gasteiger partial charge on any atom is -0.356 e. The van der Waals surface area contributed by atoms with Gasteiger partial charge < -0.3 is 20.1 Å². The number of hydrogen-bond acceptors (Lipinski definition) is 4. The third-order valence-electron chi connectivity index (χ3n) is 6.48. The van der Waals surface area contributed by atoms with Crippen LogP contribution in [0.3, 0.4) is 0 Å². The molecule has 0 bridgehead atoms. The summed E-state index contributed by atoms with van der Waals surface area (Å²) in [5, 5.41) is 3.18. The van der Waals surface area contributed by atoms with Crippen molar-refractivity contribution in [3.63, 3.8) is 0 Å². The Hall–Kier alpha value is -2.08. The highest BCUT2D eigenvalue weighted by molar-refractivity contribution is 5.80. The summed E-state index contributed by atoms with van der Waals surface area (Å²) in [6.07, 6.45) is 5.52. The number of rotatable bonds is 6. The second-order valence-electron chi connectivity index (χ2n) is 9.03. The lowest BCUT2D eigenvalue weighted by atomic mass is 9.96. The molecule has 0 spiro atoms. The average Bonchev–Trinajstić information content (AvgIpc) is 3.14. The first kappa shape index (κ1) is 20.2. The van der Waals surface area contributed by atoms with Gasteiger partial charge in [-0.3, -0.25) is 4.79 Å². The van der Waals surface area contributed by atoms with E-state index in [9.17, 15) is 4.79 Å². The van der Waals surface area contributed by atoms with E-state index in [1.807, 2.05) is 0 Å². The van der Waals surface area contributed by atoms with E-state index in [-0.39, 0.29) is 11.8 Å². The molecular weight excluding hydrogens is 362 g/mol.